The Kier molecular flexibility index (Phi) is 5.56. The Labute approximate surface area is 77.2 Å². The first-order chi connectivity index (χ1) is 5.48. The lowest BCUT2D eigenvalue weighted by Crippen LogP contribution is -2.16. The molecule has 0 unspecified atom stereocenters. The van der Waals surface area contributed by atoms with Gasteiger partial charge in [-0.15, -0.1) is 0 Å². The molecule has 1 nitrogen and oxygen atoms in total. The van der Waals surface area contributed by atoms with Crippen molar-refractivity contribution in [3.63, 3.8) is 0 Å². The monoisotopic (exact) mass is 172 g/mol. The van der Waals surface area contributed by atoms with E-state index in [1.54, 1.807) is 0 Å². The lowest BCUT2D eigenvalue weighted by Gasteiger charge is -2.27. The molecule has 74 valence electrons. The maximum absolute atomic E-state index is 8.59. The highest BCUT2D eigenvalue weighted by molar-refractivity contribution is 4.69. The molecule has 0 aromatic heterocycles. The van der Waals surface area contributed by atoms with E-state index in [2.05, 4.69) is 27.7 Å². The Hall–Kier alpha value is -0.0400. The highest BCUT2D eigenvalue weighted by atomic mass is 16.2. The van der Waals surface area contributed by atoms with Crippen molar-refractivity contribution >= 4 is 0 Å². The molecule has 0 aromatic rings. The molecule has 0 spiro atoms. The number of unbranched alkanes of at least 4 members (excludes halogenated alkanes) is 2. The van der Waals surface area contributed by atoms with Crippen molar-refractivity contribution in [2.24, 2.45) is 11.3 Å². The van der Waals surface area contributed by atoms with Gasteiger partial charge < -0.3 is 5.11 Å². The Morgan fingerprint density at radius 3 is 2.08 bits per heavy atom. The Morgan fingerprint density at radius 2 is 1.67 bits per heavy atom. The largest absolute Gasteiger partial charge is 0.396 e. The van der Waals surface area contributed by atoms with Crippen molar-refractivity contribution in [1.82, 2.24) is 0 Å². The predicted octanol–water partition coefficient (Wildman–Crippen LogP) is 3.22. The smallest absolute Gasteiger partial charge is 0.0431 e. The van der Waals surface area contributed by atoms with Crippen LogP contribution in [0.3, 0.4) is 0 Å². The second-order valence-corrected chi connectivity index (χ2v) is 4.84. The summed E-state index contributed by atoms with van der Waals surface area (Å²) >= 11 is 0. The van der Waals surface area contributed by atoms with Crippen LogP contribution in [0.4, 0.5) is 0 Å². The molecule has 1 N–H and O–H groups in total. The van der Waals surface area contributed by atoms with Crippen LogP contribution in [0.25, 0.3) is 0 Å². The first kappa shape index (κ1) is 12.0. The molecule has 0 fully saturated rings. The molecular formula is C11H24O. The lowest BCUT2D eigenvalue weighted by atomic mass is 9.79. The van der Waals surface area contributed by atoms with Crippen LogP contribution in [-0.4, -0.2) is 11.7 Å². The zero-order chi connectivity index (χ0) is 9.61. The van der Waals surface area contributed by atoms with Crippen molar-refractivity contribution in [2.75, 3.05) is 6.61 Å². The van der Waals surface area contributed by atoms with Crippen LogP contribution >= 0.6 is 0 Å². The predicted molar refractivity (Wildman–Crippen MR) is 54.2 cm³/mol. The molecular weight excluding hydrogens is 148 g/mol. The molecule has 0 amide bonds. The van der Waals surface area contributed by atoms with E-state index in [-0.39, 0.29) is 0 Å². The summed E-state index contributed by atoms with van der Waals surface area (Å²) in [6.07, 6.45) is 4.70. The van der Waals surface area contributed by atoms with Crippen LogP contribution in [0.2, 0.25) is 0 Å². The summed E-state index contributed by atoms with van der Waals surface area (Å²) in [7, 11) is 0. The molecule has 0 aliphatic carbocycles. The zero-order valence-corrected chi connectivity index (χ0v) is 9.06. The quantitative estimate of drug-likeness (QED) is 0.631. The number of aliphatic hydroxyl groups excluding tert-OH is 1. The lowest BCUT2D eigenvalue weighted by molar-refractivity contribution is 0.234. The number of hydrogen-bond acceptors (Lipinski definition) is 1. The normalized spacial score (nSPS) is 14.8. The standard InChI is InChI=1S/C11H24O/c1-10(11(2,3)4)8-6-5-7-9-12/h10,12H,5-9H2,1-4H3/t10-/m1/s1. The van der Waals surface area contributed by atoms with Crippen LogP contribution in [0, 0.1) is 11.3 Å². The third-order valence-corrected chi connectivity index (χ3v) is 2.77. The fourth-order valence-corrected chi connectivity index (χ4v) is 1.17. The second kappa shape index (κ2) is 5.58. The summed E-state index contributed by atoms with van der Waals surface area (Å²) < 4.78 is 0. The van der Waals surface area contributed by atoms with Gasteiger partial charge in [-0.3, -0.25) is 0 Å². The molecule has 1 atom stereocenters. The minimum atomic E-state index is 0.351. The van der Waals surface area contributed by atoms with Crippen molar-refractivity contribution < 1.29 is 5.11 Å². The van der Waals surface area contributed by atoms with Crippen molar-refractivity contribution in [3.8, 4) is 0 Å². The maximum Gasteiger partial charge on any atom is 0.0431 e. The number of hydrogen-bond donors (Lipinski definition) is 1. The van der Waals surface area contributed by atoms with Gasteiger partial charge in [-0.05, 0) is 17.8 Å². The molecule has 0 aliphatic heterocycles. The van der Waals surface area contributed by atoms with E-state index in [9.17, 15) is 0 Å². The topological polar surface area (TPSA) is 20.2 Å². The molecule has 0 heterocycles. The minimum absolute atomic E-state index is 0.351. The summed E-state index contributed by atoms with van der Waals surface area (Å²) in [4.78, 5) is 0. The SMILES string of the molecule is C[C@H](CCCCCO)C(C)(C)C. The van der Waals surface area contributed by atoms with Gasteiger partial charge in [0.1, 0.15) is 0 Å². The molecule has 0 aliphatic rings. The molecule has 0 bridgehead atoms. The molecule has 12 heavy (non-hydrogen) atoms. The van der Waals surface area contributed by atoms with Gasteiger partial charge in [-0.25, -0.2) is 0 Å². The number of aliphatic hydroxyl groups is 1. The molecule has 0 rings (SSSR count). The Morgan fingerprint density at radius 1 is 1.08 bits per heavy atom. The van der Waals surface area contributed by atoms with Gasteiger partial charge in [0.15, 0.2) is 0 Å². The summed E-state index contributed by atoms with van der Waals surface area (Å²) in [5.41, 5.74) is 0.444. The first-order valence-corrected chi connectivity index (χ1v) is 5.09. The van der Waals surface area contributed by atoms with E-state index in [4.69, 9.17) is 5.11 Å². The fraction of sp³-hybridized carbons (Fsp3) is 1.00. The number of rotatable bonds is 5. The molecule has 0 saturated carbocycles. The third kappa shape index (κ3) is 5.59. The highest BCUT2D eigenvalue weighted by Crippen LogP contribution is 2.29. The van der Waals surface area contributed by atoms with E-state index < -0.39 is 0 Å². The van der Waals surface area contributed by atoms with Crippen LogP contribution in [0.1, 0.15) is 53.4 Å². The van der Waals surface area contributed by atoms with Crippen LogP contribution < -0.4 is 0 Å². The van der Waals surface area contributed by atoms with Crippen LogP contribution in [0.5, 0.6) is 0 Å². The average molecular weight is 172 g/mol. The van der Waals surface area contributed by atoms with Gasteiger partial charge in [0, 0.05) is 6.61 Å². The summed E-state index contributed by atoms with van der Waals surface area (Å²) in [6, 6.07) is 0. The fourth-order valence-electron chi connectivity index (χ4n) is 1.17. The van der Waals surface area contributed by atoms with Crippen molar-refractivity contribution in [2.45, 2.75) is 53.4 Å². The summed E-state index contributed by atoms with van der Waals surface area (Å²) in [5, 5.41) is 8.59. The minimum Gasteiger partial charge on any atom is -0.396 e. The van der Waals surface area contributed by atoms with Gasteiger partial charge >= 0.3 is 0 Å². The Balaban J connectivity index is 3.38. The van der Waals surface area contributed by atoms with Gasteiger partial charge in [0.2, 0.25) is 0 Å². The van der Waals surface area contributed by atoms with E-state index in [1.165, 1.54) is 19.3 Å². The van der Waals surface area contributed by atoms with Gasteiger partial charge in [-0.1, -0.05) is 47.0 Å². The second-order valence-electron chi connectivity index (χ2n) is 4.84. The van der Waals surface area contributed by atoms with Crippen molar-refractivity contribution in [1.29, 1.82) is 0 Å². The molecule has 1 heteroatoms. The maximum atomic E-state index is 8.59. The highest BCUT2D eigenvalue weighted by Gasteiger charge is 2.18. The molecule has 0 aromatic carbocycles. The van der Waals surface area contributed by atoms with E-state index in [0.29, 0.717) is 12.0 Å². The van der Waals surface area contributed by atoms with Crippen LogP contribution in [-0.2, 0) is 0 Å². The molecule has 0 radical (unpaired) electrons. The average Bonchev–Trinajstić information content (AvgIpc) is 1.96. The van der Waals surface area contributed by atoms with E-state index in [0.717, 1.165) is 12.3 Å². The first-order valence-electron chi connectivity index (χ1n) is 5.09. The third-order valence-electron chi connectivity index (χ3n) is 2.77. The van der Waals surface area contributed by atoms with Crippen LogP contribution in [0.15, 0.2) is 0 Å². The van der Waals surface area contributed by atoms with Gasteiger partial charge in [-0.2, -0.15) is 0 Å². The summed E-state index contributed by atoms with van der Waals surface area (Å²) in [6.45, 7) is 9.56. The summed E-state index contributed by atoms with van der Waals surface area (Å²) in [5.74, 6) is 0.788. The van der Waals surface area contributed by atoms with Gasteiger partial charge in [0.25, 0.3) is 0 Å². The molecule has 0 saturated heterocycles. The zero-order valence-electron chi connectivity index (χ0n) is 9.06. The van der Waals surface area contributed by atoms with Gasteiger partial charge in [0.05, 0.1) is 0 Å². The van der Waals surface area contributed by atoms with Crippen molar-refractivity contribution in [3.05, 3.63) is 0 Å². The Bertz CT molecular complexity index is 102. The van der Waals surface area contributed by atoms with E-state index in [1.807, 2.05) is 0 Å². The van der Waals surface area contributed by atoms with E-state index >= 15 is 0 Å².